The lowest BCUT2D eigenvalue weighted by Crippen LogP contribution is -2.34. The number of hydrogen-bond donors (Lipinski definition) is 2. The van der Waals surface area contributed by atoms with Gasteiger partial charge in [0.05, 0.1) is 13.2 Å². The molecular formula is C14H22N2O2. The van der Waals surface area contributed by atoms with Gasteiger partial charge in [-0.15, -0.1) is 0 Å². The van der Waals surface area contributed by atoms with Gasteiger partial charge in [-0.3, -0.25) is 4.79 Å². The van der Waals surface area contributed by atoms with Crippen molar-refractivity contribution in [1.82, 2.24) is 10.6 Å². The van der Waals surface area contributed by atoms with Crippen molar-refractivity contribution in [1.29, 1.82) is 0 Å². The third-order valence-electron chi connectivity index (χ3n) is 2.63. The van der Waals surface area contributed by atoms with Crippen molar-refractivity contribution in [3.63, 3.8) is 0 Å². The number of rotatable bonds is 7. The normalized spacial score (nSPS) is 11.9. The summed E-state index contributed by atoms with van der Waals surface area (Å²) in [6, 6.07) is 7.96. The average Bonchev–Trinajstić information content (AvgIpc) is 2.37. The average molecular weight is 250 g/mol. The number of hydrogen-bond acceptors (Lipinski definition) is 3. The number of benzene rings is 1. The highest BCUT2D eigenvalue weighted by molar-refractivity contribution is 5.77. The zero-order valence-electron chi connectivity index (χ0n) is 11.3. The molecule has 1 aromatic rings. The molecule has 1 unspecified atom stereocenters. The minimum absolute atomic E-state index is 0.0123. The standard InChI is InChI=1S/C14H22N2O2/c1-4-15-14(17)10-16-11(3)12-8-6-7-9-13(12)18-5-2/h6-9,11,16H,4-5,10H2,1-3H3,(H,15,17). The van der Waals surface area contributed by atoms with Crippen LogP contribution in [0.2, 0.25) is 0 Å². The molecule has 0 heterocycles. The van der Waals surface area contributed by atoms with E-state index in [9.17, 15) is 4.79 Å². The summed E-state index contributed by atoms with van der Waals surface area (Å²) in [6.07, 6.45) is 0. The van der Waals surface area contributed by atoms with Gasteiger partial charge in [0.15, 0.2) is 0 Å². The van der Waals surface area contributed by atoms with Gasteiger partial charge in [-0.1, -0.05) is 18.2 Å². The van der Waals surface area contributed by atoms with Crippen molar-refractivity contribution in [2.75, 3.05) is 19.7 Å². The maximum absolute atomic E-state index is 11.4. The summed E-state index contributed by atoms with van der Waals surface area (Å²) in [7, 11) is 0. The van der Waals surface area contributed by atoms with Crippen LogP contribution >= 0.6 is 0 Å². The molecule has 0 spiro atoms. The maximum Gasteiger partial charge on any atom is 0.233 e. The minimum Gasteiger partial charge on any atom is -0.494 e. The Morgan fingerprint density at radius 1 is 1.33 bits per heavy atom. The van der Waals surface area contributed by atoms with Gasteiger partial charge in [0.2, 0.25) is 5.91 Å². The highest BCUT2D eigenvalue weighted by Crippen LogP contribution is 2.24. The van der Waals surface area contributed by atoms with Crippen LogP contribution in [-0.4, -0.2) is 25.6 Å². The fourth-order valence-electron chi connectivity index (χ4n) is 1.74. The highest BCUT2D eigenvalue weighted by Gasteiger charge is 2.11. The van der Waals surface area contributed by atoms with E-state index in [-0.39, 0.29) is 11.9 Å². The molecule has 0 saturated carbocycles. The fraction of sp³-hybridized carbons (Fsp3) is 0.500. The van der Waals surface area contributed by atoms with Crippen LogP contribution in [0, 0.1) is 0 Å². The Hall–Kier alpha value is -1.55. The van der Waals surface area contributed by atoms with Crippen molar-refractivity contribution in [2.24, 2.45) is 0 Å². The molecule has 1 atom stereocenters. The zero-order chi connectivity index (χ0) is 13.4. The molecule has 0 fully saturated rings. The number of amides is 1. The summed E-state index contributed by atoms with van der Waals surface area (Å²) in [6.45, 7) is 7.51. The van der Waals surface area contributed by atoms with Gasteiger partial charge in [0.1, 0.15) is 5.75 Å². The number of para-hydroxylation sites is 1. The van der Waals surface area contributed by atoms with E-state index in [1.807, 2.05) is 45.0 Å². The number of likely N-dealkylation sites (N-methyl/N-ethyl adjacent to an activating group) is 1. The topological polar surface area (TPSA) is 50.4 Å². The Labute approximate surface area is 109 Å². The van der Waals surface area contributed by atoms with Gasteiger partial charge >= 0.3 is 0 Å². The molecule has 0 aliphatic rings. The van der Waals surface area contributed by atoms with Gasteiger partial charge in [-0.25, -0.2) is 0 Å². The van der Waals surface area contributed by atoms with Crippen LogP contribution in [0.15, 0.2) is 24.3 Å². The summed E-state index contributed by atoms with van der Waals surface area (Å²) in [5, 5.41) is 5.95. The summed E-state index contributed by atoms with van der Waals surface area (Å²) in [5.41, 5.74) is 1.07. The largest absolute Gasteiger partial charge is 0.494 e. The monoisotopic (exact) mass is 250 g/mol. The summed E-state index contributed by atoms with van der Waals surface area (Å²) >= 11 is 0. The molecular weight excluding hydrogens is 228 g/mol. The predicted molar refractivity (Wildman–Crippen MR) is 72.7 cm³/mol. The summed E-state index contributed by atoms with van der Waals surface area (Å²) < 4.78 is 5.57. The summed E-state index contributed by atoms with van der Waals surface area (Å²) in [5.74, 6) is 0.883. The maximum atomic E-state index is 11.4. The van der Waals surface area contributed by atoms with E-state index in [4.69, 9.17) is 4.74 Å². The van der Waals surface area contributed by atoms with Crippen molar-refractivity contribution in [2.45, 2.75) is 26.8 Å². The molecule has 0 aromatic heterocycles. The first kappa shape index (κ1) is 14.5. The fourth-order valence-corrected chi connectivity index (χ4v) is 1.74. The first-order valence-electron chi connectivity index (χ1n) is 6.40. The third kappa shape index (κ3) is 4.37. The van der Waals surface area contributed by atoms with E-state index in [0.717, 1.165) is 11.3 Å². The second-order valence-electron chi connectivity index (χ2n) is 4.03. The number of carbonyl (C=O) groups is 1. The Morgan fingerprint density at radius 3 is 2.72 bits per heavy atom. The lowest BCUT2D eigenvalue weighted by Gasteiger charge is -2.17. The molecule has 4 heteroatoms. The Balaban J connectivity index is 2.60. The van der Waals surface area contributed by atoms with Crippen LogP contribution in [0.4, 0.5) is 0 Å². The van der Waals surface area contributed by atoms with E-state index >= 15 is 0 Å². The van der Waals surface area contributed by atoms with Crippen LogP contribution in [0.1, 0.15) is 32.4 Å². The predicted octanol–water partition coefficient (Wildman–Crippen LogP) is 1.87. The van der Waals surface area contributed by atoms with E-state index < -0.39 is 0 Å². The number of nitrogens with one attached hydrogen (secondary N) is 2. The molecule has 100 valence electrons. The molecule has 0 saturated heterocycles. The molecule has 18 heavy (non-hydrogen) atoms. The van der Waals surface area contributed by atoms with Crippen molar-refractivity contribution >= 4 is 5.91 Å². The van der Waals surface area contributed by atoms with E-state index in [1.165, 1.54) is 0 Å². The Kier molecular flexibility index (Phi) is 6.22. The molecule has 4 nitrogen and oxygen atoms in total. The van der Waals surface area contributed by atoms with E-state index in [1.54, 1.807) is 0 Å². The summed E-state index contributed by atoms with van der Waals surface area (Å²) in [4.78, 5) is 11.4. The molecule has 0 aliphatic heterocycles. The smallest absolute Gasteiger partial charge is 0.233 e. The Morgan fingerprint density at radius 2 is 2.06 bits per heavy atom. The second kappa shape index (κ2) is 7.71. The molecule has 0 aliphatic carbocycles. The van der Waals surface area contributed by atoms with Crippen molar-refractivity contribution in [3.05, 3.63) is 29.8 Å². The van der Waals surface area contributed by atoms with Crippen LogP contribution in [-0.2, 0) is 4.79 Å². The molecule has 1 rings (SSSR count). The third-order valence-corrected chi connectivity index (χ3v) is 2.63. The van der Waals surface area contributed by atoms with Gasteiger partial charge in [-0.05, 0) is 26.8 Å². The SMILES string of the molecule is CCNC(=O)CNC(C)c1ccccc1OCC. The van der Waals surface area contributed by atoms with Gasteiger partial charge in [0.25, 0.3) is 0 Å². The number of carbonyl (C=O) groups excluding carboxylic acids is 1. The van der Waals surface area contributed by atoms with Crippen LogP contribution in [0.25, 0.3) is 0 Å². The quantitative estimate of drug-likeness (QED) is 0.776. The lowest BCUT2D eigenvalue weighted by atomic mass is 10.1. The Bertz CT molecular complexity index is 380. The van der Waals surface area contributed by atoms with Gasteiger partial charge < -0.3 is 15.4 Å². The van der Waals surface area contributed by atoms with Gasteiger partial charge in [0, 0.05) is 18.2 Å². The minimum atomic E-state index is 0.0123. The first-order valence-corrected chi connectivity index (χ1v) is 6.40. The second-order valence-corrected chi connectivity index (χ2v) is 4.03. The molecule has 1 aromatic carbocycles. The van der Waals surface area contributed by atoms with Crippen molar-refractivity contribution < 1.29 is 9.53 Å². The van der Waals surface area contributed by atoms with Crippen LogP contribution in [0.5, 0.6) is 5.75 Å². The molecule has 0 radical (unpaired) electrons. The van der Waals surface area contributed by atoms with Crippen LogP contribution in [0.3, 0.4) is 0 Å². The van der Waals surface area contributed by atoms with E-state index in [2.05, 4.69) is 10.6 Å². The highest BCUT2D eigenvalue weighted by atomic mass is 16.5. The number of ether oxygens (including phenoxy) is 1. The molecule has 0 bridgehead atoms. The zero-order valence-corrected chi connectivity index (χ0v) is 11.3. The lowest BCUT2D eigenvalue weighted by molar-refractivity contribution is -0.120. The molecule has 2 N–H and O–H groups in total. The first-order chi connectivity index (χ1) is 8.69. The van der Waals surface area contributed by atoms with Crippen molar-refractivity contribution in [3.8, 4) is 5.75 Å². The molecule has 1 amide bonds. The van der Waals surface area contributed by atoms with E-state index in [0.29, 0.717) is 19.7 Å². The van der Waals surface area contributed by atoms with Crippen LogP contribution < -0.4 is 15.4 Å². The van der Waals surface area contributed by atoms with Gasteiger partial charge in [-0.2, -0.15) is 0 Å².